The van der Waals surface area contributed by atoms with Gasteiger partial charge in [0.1, 0.15) is 5.82 Å². The third-order valence-corrected chi connectivity index (χ3v) is 7.09. The number of aromatic nitrogens is 4. The van der Waals surface area contributed by atoms with Crippen LogP contribution in [0.15, 0.2) is 128 Å². The van der Waals surface area contributed by atoms with Crippen LogP contribution < -0.4 is 16.4 Å². The molecular weight excluding hydrogens is 603 g/mol. The summed E-state index contributed by atoms with van der Waals surface area (Å²) in [6.07, 6.45) is 0. The van der Waals surface area contributed by atoms with Crippen LogP contribution in [0.25, 0.3) is 17.2 Å². The van der Waals surface area contributed by atoms with Crippen LogP contribution in [0.4, 0.5) is 10.2 Å². The van der Waals surface area contributed by atoms with Crippen LogP contribution in [0.3, 0.4) is 0 Å². The maximum atomic E-state index is 14.1. The molecule has 0 fully saturated rings. The minimum atomic E-state index is -2.94. The standard InChI is InChI=1S/C31H24BrFN6O3/c32-25-20-24(16-17-26(25)33)39-29(38-41-30(39)40)27-28(37-42-36-27)34-18-19-35-31(21-10-4-1-5-11-21,22-12-6-2-7-13-22)23-14-8-3-9-15-23/h1-17,20,35H,18-19H2,(H,34,37)/i17D,18D2,19D2. The fourth-order valence-corrected chi connectivity index (χ4v) is 4.96. The van der Waals surface area contributed by atoms with Crippen LogP contribution in [0.2, 0.25) is 0 Å². The molecule has 0 spiro atoms. The van der Waals surface area contributed by atoms with Gasteiger partial charge in [-0.1, -0.05) is 96.2 Å². The smallest absolute Gasteiger partial charge is 0.364 e. The third kappa shape index (κ3) is 5.15. The van der Waals surface area contributed by atoms with Gasteiger partial charge in [0, 0.05) is 15.7 Å². The number of hydrogen-bond acceptors (Lipinski definition) is 8. The second kappa shape index (κ2) is 11.9. The highest BCUT2D eigenvalue weighted by Crippen LogP contribution is 2.36. The fourth-order valence-electron chi connectivity index (χ4n) is 4.61. The van der Waals surface area contributed by atoms with E-state index in [1.165, 1.54) is 6.07 Å². The average molecular weight is 633 g/mol. The molecule has 210 valence electrons. The highest BCUT2D eigenvalue weighted by molar-refractivity contribution is 9.10. The molecular formula is C31H24BrFN6O3. The molecule has 6 aromatic rings. The van der Waals surface area contributed by atoms with E-state index >= 15 is 0 Å². The zero-order valence-corrected chi connectivity index (χ0v) is 23.2. The maximum absolute atomic E-state index is 14.1. The first-order valence-corrected chi connectivity index (χ1v) is 13.4. The molecule has 0 atom stereocenters. The Hall–Kier alpha value is -4.87. The SMILES string of the molecule is [2H]c1cc(-n2c(-c3nonc3NC([2H])([2H])C([2H])([2H])NC(c3ccccc3)(c3ccccc3)c3ccccc3)noc2=O)cc(Br)c1F. The van der Waals surface area contributed by atoms with Crippen molar-refractivity contribution >= 4 is 21.7 Å². The summed E-state index contributed by atoms with van der Waals surface area (Å²) in [4.78, 5) is 12.7. The highest BCUT2D eigenvalue weighted by atomic mass is 79.9. The van der Waals surface area contributed by atoms with E-state index in [1.54, 1.807) is 0 Å². The van der Waals surface area contributed by atoms with E-state index in [0.717, 1.165) is 10.6 Å². The van der Waals surface area contributed by atoms with Gasteiger partial charge in [-0.25, -0.2) is 18.4 Å². The fraction of sp³-hybridized carbons (Fsp3) is 0.0968. The van der Waals surface area contributed by atoms with Crippen molar-refractivity contribution in [2.45, 2.75) is 5.54 Å². The Morgan fingerprint density at radius 3 is 2.05 bits per heavy atom. The number of nitrogens with zero attached hydrogens (tertiary/aromatic N) is 4. The summed E-state index contributed by atoms with van der Waals surface area (Å²) in [6, 6.07) is 29.1. The third-order valence-electron chi connectivity index (χ3n) is 6.51. The molecule has 0 unspecified atom stereocenters. The first-order valence-electron chi connectivity index (χ1n) is 15.1. The molecule has 2 heterocycles. The normalized spacial score (nSPS) is 13.9. The van der Waals surface area contributed by atoms with Crippen LogP contribution in [-0.2, 0) is 5.54 Å². The molecule has 0 bridgehead atoms. The Morgan fingerprint density at radius 1 is 0.881 bits per heavy atom. The lowest BCUT2D eigenvalue weighted by molar-refractivity contribution is 0.309. The number of rotatable bonds is 10. The molecule has 6 rings (SSSR count). The van der Waals surface area contributed by atoms with Crippen molar-refractivity contribution in [3.8, 4) is 17.2 Å². The lowest BCUT2D eigenvalue weighted by Gasteiger charge is -2.37. The van der Waals surface area contributed by atoms with E-state index in [4.69, 9.17) is 16.0 Å². The second-order valence-electron chi connectivity index (χ2n) is 8.94. The van der Waals surface area contributed by atoms with Gasteiger partial charge in [0.15, 0.2) is 5.69 Å². The van der Waals surface area contributed by atoms with Crippen LogP contribution >= 0.6 is 15.9 Å². The Labute approximate surface area is 255 Å². The molecule has 2 aromatic heterocycles. The van der Waals surface area contributed by atoms with Crippen molar-refractivity contribution in [1.82, 2.24) is 25.4 Å². The van der Waals surface area contributed by atoms with Gasteiger partial charge >= 0.3 is 5.76 Å². The molecule has 0 aliphatic rings. The summed E-state index contributed by atoms with van der Waals surface area (Å²) in [5, 5.41) is 16.6. The molecule has 0 radical (unpaired) electrons. The van der Waals surface area contributed by atoms with Crippen LogP contribution in [0, 0.1) is 5.82 Å². The molecule has 0 aliphatic heterocycles. The van der Waals surface area contributed by atoms with Gasteiger partial charge in [0.05, 0.1) is 19.8 Å². The van der Waals surface area contributed by atoms with E-state index in [9.17, 15) is 9.18 Å². The number of benzene rings is 4. The van der Waals surface area contributed by atoms with E-state index in [0.29, 0.717) is 16.7 Å². The average Bonchev–Trinajstić information content (AvgIpc) is 3.68. The summed E-state index contributed by atoms with van der Waals surface area (Å²) in [5.41, 5.74) is 0.217. The van der Waals surface area contributed by atoms with Gasteiger partial charge in [-0.15, -0.1) is 0 Å². The van der Waals surface area contributed by atoms with Crippen molar-refractivity contribution in [2.75, 3.05) is 18.3 Å². The maximum Gasteiger partial charge on any atom is 0.446 e. The zero-order chi connectivity index (χ0) is 33.4. The number of hydrogen-bond donors (Lipinski definition) is 2. The van der Waals surface area contributed by atoms with Crippen LogP contribution in [-0.4, -0.2) is 33.0 Å². The first-order chi connectivity index (χ1) is 22.4. The summed E-state index contributed by atoms with van der Waals surface area (Å²) in [5.74, 6) is -2.62. The molecule has 11 heteroatoms. The molecule has 0 amide bonds. The lowest BCUT2D eigenvalue weighted by atomic mass is 9.77. The van der Waals surface area contributed by atoms with Gasteiger partial charge in [-0.05, 0) is 61.1 Å². The molecule has 9 nitrogen and oxygen atoms in total. The Morgan fingerprint density at radius 2 is 1.48 bits per heavy atom. The summed E-state index contributed by atoms with van der Waals surface area (Å²) in [6.45, 7) is -5.80. The van der Waals surface area contributed by atoms with Crippen molar-refractivity contribution in [3.63, 3.8) is 0 Å². The van der Waals surface area contributed by atoms with Crippen LogP contribution in [0.5, 0.6) is 0 Å². The number of anilines is 1. The predicted molar refractivity (Wildman–Crippen MR) is 159 cm³/mol. The number of halogens is 2. The quantitative estimate of drug-likeness (QED) is 0.183. The minimum absolute atomic E-state index is 0.0168. The second-order valence-corrected chi connectivity index (χ2v) is 9.79. The molecule has 2 N–H and O–H groups in total. The van der Waals surface area contributed by atoms with E-state index in [-0.39, 0.29) is 21.7 Å². The van der Waals surface area contributed by atoms with Crippen molar-refractivity contribution in [2.24, 2.45) is 0 Å². The van der Waals surface area contributed by atoms with Crippen molar-refractivity contribution in [3.05, 3.63) is 147 Å². The minimum Gasteiger partial charge on any atom is -0.364 e. The Bertz CT molecular complexity index is 1960. The molecule has 42 heavy (non-hydrogen) atoms. The number of nitrogens with one attached hydrogen (secondary N) is 2. The van der Waals surface area contributed by atoms with Crippen molar-refractivity contribution < 1.29 is 20.4 Å². The first kappa shape index (κ1) is 21.8. The van der Waals surface area contributed by atoms with E-state index in [2.05, 4.69) is 42.0 Å². The van der Waals surface area contributed by atoms with Gasteiger partial charge in [0.2, 0.25) is 11.6 Å². The van der Waals surface area contributed by atoms with Gasteiger partial charge < -0.3 is 5.32 Å². The van der Waals surface area contributed by atoms with Crippen LogP contribution in [0.1, 0.15) is 23.5 Å². The van der Waals surface area contributed by atoms with Gasteiger partial charge in [-0.3, -0.25) is 9.84 Å². The molecule has 0 saturated carbocycles. The zero-order valence-electron chi connectivity index (χ0n) is 26.6. The van der Waals surface area contributed by atoms with E-state index in [1.807, 2.05) is 91.0 Å². The lowest BCUT2D eigenvalue weighted by Crippen LogP contribution is -2.46. The predicted octanol–water partition coefficient (Wildman–Crippen LogP) is 5.77. The summed E-state index contributed by atoms with van der Waals surface area (Å²) < 4.78 is 68.7. The van der Waals surface area contributed by atoms with Gasteiger partial charge in [-0.2, -0.15) is 0 Å². The Balaban J connectivity index is 1.42. The summed E-state index contributed by atoms with van der Waals surface area (Å²) >= 11 is 3.01. The van der Waals surface area contributed by atoms with Gasteiger partial charge in [0.25, 0.3) is 0 Å². The Kier molecular flexibility index (Phi) is 6.20. The van der Waals surface area contributed by atoms with Crippen molar-refractivity contribution in [1.29, 1.82) is 0 Å². The topological polar surface area (TPSA) is 111 Å². The monoisotopic (exact) mass is 631 g/mol. The molecule has 0 saturated heterocycles. The van der Waals surface area contributed by atoms with E-state index < -0.39 is 42.0 Å². The molecule has 0 aliphatic carbocycles. The molecule has 4 aromatic carbocycles. The summed E-state index contributed by atoms with van der Waals surface area (Å²) in [7, 11) is 0. The largest absolute Gasteiger partial charge is 0.446 e. The highest BCUT2D eigenvalue weighted by Gasteiger charge is 2.35.